The van der Waals surface area contributed by atoms with Crippen molar-refractivity contribution in [3.8, 4) is 27.8 Å². The zero-order valence-corrected chi connectivity index (χ0v) is 19.2. The molecule has 1 N–H and O–H groups in total. The summed E-state index contributed by atoms with van der Waals surface area (Å²) in [4.78, 5) is 17.3. The van der Waals surface area contributed by atoms with Gasteiger partial charge < -0.3 is 14.8 Å². The topological polar surface area (TPSA) is 78.3 Å². The molecule has 1 amide bonds. The zero-order valence-electron chi connectivity index (χ0n) is 16.8. The van der Waals surface area contributed by atoms with Gasteiger partial charge in [0.15, 0.2) is 11.5 Å². The third-order valence-corrected chi connectivity index (χ3v) is 5.85. The molecule has 0 aliphatic carbocycles. The summed E-state index contributed by atoms with van der Waals surface area (Å²) in [5.74, 6) is 1.14. The number of ether oxygens (including phenoxy) is 2. The minimum absolute atomic E-state index is 0.150. The number of carbonyl (C=O) groups excluding carboxylic acids is 1. The van der Waals surface area contributed by atoms with E-state index >= 15 is 0 Å². The number of nitrogens with zero attached hydrogens (tertiary/aromatic N) is 3. The van der Waals surface area contributed by atoms with Crippen LogP contribution in [0.25, 0.3) is 16.3 Å². The molecule has 0 spiro atoms. The number of benzene rings is 2. The van der Waals surface area contributed by atoms with Gasteiger partial charge in [0.25, 0.3) is 0 Å². The van der Waals surface area contributed by atoms with E-state index in [0.29, 0.717) is 22.9 Å². The van der Waals surface area contributed by atoms with Gasteiger partial charge in [0.1, 0.15) is 5.01 Å². The molecule has 31 heavy (non-hydrogen) atoms. The summed E-state index contributed by atoms with van der Waals surface area (Å²) in [5, 5.41) is 9.95. The first-order valence-electron chi connectivity index (χ1n) is 9.33. The highest BCUT2D eigenvalue weighted by Gasteiger charge is 2.14. The Bertz CT molecular complexity index is 1220. The summed E-state index contributed by atoms with van der Waals surface area (Å²) in [6.45, 7) is 0. The van der Waals surface area contributed by atoms with E-state index in [1.54, 1.807) is 25.1 Å². The van der Waals surface area contributed by atoms with Gasteiger partial charge in [-0.2, -0.15) is 5.10 Å². The summed E-state index contributed by atoms with van der Waals surface area (Å²) in [7, 11) is 3.19. The molecule has 0 aliphatic heterocycles. The van der Waals surface area contributed by atoms with Gasteiger partial charge in [0, 0.05) is 17.1 Å². The predicted octanol–water partition coefficient (Wildman–Crippen LogP) is 4.96. The smallest absolute Gasteiger partial charge is 0.230 e. The number of methoxy groups -OCH3 is 2. The minimum atomic E-state index is -0.150. The molecule has 4 rings (SSSR count). The zero-order chi connectivity index (χ0) is 21.8. The number of hydrogen-bond acceptors (Lipinski definition) is 6. The van der Waals surface area contributed by atoms with E-state index in [1.807, 2.05) is 54.0 Å². The SMILES string of the molecule is COc1ccc(-c2nc(CC(=O)Nc3ccccc3-n3cc(Br)cn3)cs2)cc1OC. The number of para-hydroxylation sites is 2. The normalized spacial score (nSPS) is 10.7. The molecule has 0 unspecified atom stereocenters. The van der Waals surface area contributed by atoms with Gasteiger partial charge in [0.2, 0.25) is 5.91 Å². The first-order chi connectivity index (χ1) is 15.1. The molecule has 0 saturated carbocycles. The summed E-state index contributed by atoms with van der Waals surface area (Å²) < 4.78 is 13.2. The van der Waals surface area contributed by atoms with E-state index < -0.39 is 0 Å². The number of anilines is 1. The highest BCUT2D eigenvalue weighted by atomic mass is 79.9. The van der Waals surface area contributed by atoms with E-state index in [-0.39, 0.29) is 12.3 Å². The third kappa shape index (κ3) is 4.78. The van der Waals surface area contributed by atoms with Crippen LogP contribution in [-0.2, 0) is 11.2 Å². The number of amides is 1. The van der Waals surface area contributed by atoms with Crippen LogP contribution in [0.2, 0.25) is 0 Å². The van der Waals surface area contributed by atoms with E-state index in [2.05, 4.69) is 31.3 Å². The van der Waals surface area contributed by atoms with Gasteiger partial charge in [-0.3, -0.25) is 4.79 Å². The molecular formula is C22H19BrN4O3S. The molecule has 2 aromatic carbocycles. The molecule has 0 bridgehead atoms. The van der Waals surface area contributed by atoms with Crippen LogP contribution in [0, 0.1) is 0 Å². The Labute approximate surface area is 191 Å². The summed E-state index contributed by atoms with van der Waals surface area (Å²) >= 11 is 4.87. The Kier molecular flexibility index (Phi) is 6.34. The number of halogens is 1. The maximum absolute atomic E-state index is 12.7. The quantitative estimate of drug-likeness (QED) is 0.389. The van der Waals surface area contributed by atoms with Crippen molar-refractivity contribution in [3.05, 3.63) is 70.4 Å². The van der Waals surface area contributed by atoms with Crippen molar-refractivity contribution < 1.29 is 14.3 Å². The summed E-state index contributed by atoms with van der Waals surface area (Å²) in [6.07, 6.45) is 3.70. The Morgan fingerprint density at radius 3 is 2.71 bits per heavy atom. The Morgan fingerprint density at radius 2 is 1.97 bits per heavy atom. The molecule has 2 aromatic heterocycles. The number of rotatable bonds is 7. The predicted molar refractivity (Wildman–Crippen MR) is 124 cm³/mol. The van der Waals surface area contributed by atoms with Crippen LogP contribution < -0.4 is 14.8 Å². The fourth-order valence-electron chi connectivity index (χ4n) is 3.06. The van der Waals surface area contributed by atoms with Crippen LogP contribution in [-0.4, -0.2) is 34.9 Å². The van der Waals surface area contributed by atoms with Crippen molar-refractivity contribution in [3.63, 3.8) is 0 Å². The number of carbonyl (C=O) groups is 1. The summed E-state index contributed by atoms with van der Waals surface area (Å²) in [6, 6.07) is 13.1. The maximum Gasteiger partial charge on any atom is 0.230 e. The molecule has 0 aliphatic rings. The second-order valence-electron chi connectivity index (χ2n) is 6.56. The van der Waals surface area contributed by atoms with Gasteiger partial charge in [0.05, 0.1) is 48.4 Å². The Balaban J connectivity index is 1.48. The number of nitrogens with one attached hydrogen (secondary N) is 1. The van der Waals surface area contributed by atoms with Gasteiger partial charge in [-0.25, -0.2) is 9.67 Å². The molecule has 158 valence electrons. The van der Waals surface area contributed by atoms with Crippen molar-refractivity contribution in [2.24, 2.45) is 0 Å². The molecule has 4 aromatic rings. The highest BCUT2D eigenvalue weighted by molar-refractivity contribution is 9.10. The van der Waals surface area contributed by atoms with Crippen molar-refractivity contribution >= 4 is 38.9 Å². The number of hydrogen-bond donors (Lipinski definition) is 1. The van der Waals surface area contributed by atoms with Crippen molar-refractivity contribution in [1.29, 1.82) is 0 Å². The van der Waals surface area contributed by atoms with Crippen molar-refractivity contribution in [1.82, 2.24) is 14.8 Å². The molecule has 0 atom stereocenters. The van der Waals surface area contributed by atoms with E-state index in [9.17, 15) is 4.79 Å². The fraction of sp³-hybridized carbons (Fsp3) is 0.136. The highest BCUT2D eigenvalue weighted by Crippen LogP contribution is 2.33. The maximum atomic E-state index is 12.7. The lowest BCUT2D eigenvalue weighted by Gasteiger charge is -2.10. The van der Waals surface area contributed by atoms with Gasteiger partial charge in [-0.1, -0.05) is 12.1 Å². The first kappa shape index (κ1) is 21.1. The van der Waals surface area contributed by atoms with Crippen molar-refractivity contribution in [2.75, 3.05) is 19.5 Å². The van der Waals surface area contributed by atoms with Crippen LogP contribution in [0.4, 0.5) is 5.69 Å². The van der Waals surface area contributed by atoms with E-state index in [0.717, 1.165) is 20.7 Å². The average molecular weight is 499 g/mol. The largest absolute Gasteiger partial charge is 0.493 e. The van der Waals surface area contributed by atoms with Crippen LogP contribution in [0.5, 0.6) is 11.5 Å². The second-order valence-corrected chi connectivity index (χ2v) is 8.33. The average Bonchev–Trinajstić information content (AvgIpc) is 3.42. The van der Waals surface area contributed by atoms with Gasteiger partial charge in [-0.05, 0) is 46.3 Å². The van der Waals surface area contributed by atoms with Crippen LogP contribution in [0.15, 0.2) is 64.7 Å². The molecule has 2 heterocycles. The molecule has 0 radical (unpaired) electrons. The van der Waals surface area contributed by atoms with Crippen LogP contribution in [0.1, 0.15) is 5.69 Å². The molecule has 0 fully saturated rings. The molecule has 0 saturated heterocycles. The van der Waals surface area contributed by atoms with Gasteiger partial charge in [-0.15, -0.1) is 11.3 Å². The van der Waals surface area contributed by atoms with Crippen molar-refractivity contribution in [2.45, 2.75) is 6.42 Å². The Hall–Kier alpha value is -3.17. The lowest BCUT2D eigenvalue weighted by Crippen LogP contribution is -2.16. The lowest BCUT2D eigenvalue weighted by atomic mass is 10.2. The first-order valence-corrected chi connectivity index (χ1v) is 11.0. The minimum Gasteiger partial charge on any atom is -0.493 e. The van der Waals surface area contributed by atoms with E-state index in [4.69, 9.17) is 9.47 Å². The van der Waals surface area contributed by atoms with Crippen LogP contribution in [0.3, 0.4) is 0 Å². The fourth-order valence-corrected chi connectivity index (χ4v) is 4.16. The number of thiazole rings is 1. The molecular weight excluding hydrogens is 480 g/mol. The standard InChI is InChI=1S/C22H19BrN4O3S/c1-29-19-8-7-14(9-20(19)30-2)22-25-16(13-31-22)10-21(28)26-17-5-3-4-6-18(17)27-12-15(23)11-24-27/h3-9,11-13H,10H2,1-2H3,(H,26,28). The lowest BCUT2D eigenvalue weighted by molar-refractivity contribution is -0.115. The van der Waals surface area contributed by atoms with Crippen LogP contribution >= 0.6 is 27.3 Å². The van der Waals surface area contributed by atoms with Gasteiger partial charge >= 0.3 is 0 Å². The van der Waals surface area contributed by atoms with E-state index in [1.165, 1.54) is 11.3 Å². The Morgan fingerprint density at radius 1 is 1.16 bits per heavy atom. The third-order valence-electron chi connectivity index (χ3n) is 4.50. The molecule has 7 nitrogen and oxygen atoms in total. The monoisotopic (exact) mass is 498 g/mol. The second kappa shape index (κ2) is 9.32. The molecule has 9 heteroatoms. The summed E-state index contributed by atoms with van der Waals surface area (Å²) in [5.41, 5.74) is 3.07. The number of aromatic nitrogens is 3.